The van der Waals surface area contributed by atoms with Gasteiger partial charge in [0.25, 0.3) is 0 Å². The standard InChI is InChI=1S/C28H32FNO2/c29-25-17-15-22(16-18-25)21-26(31)13-7-19-28(20-8-14-27(30)32,23-9-3-1-4-10-23)24-11-5-2-6-12-24/h1-6,9-12,15-18,27,32H,7-8,13-14,19-21,30H2. The number of aliphatic hydroxyl groups excluding tert-OH is 1. The summed E-state index contributed by atoms with van der Waals surface area (Å²) in [5, 5.41) is 9.61. The molecule has 1 atom stereocenters. The molecule has 0 radical (unpaired) electrons. The highest BCUT2D eigenvalue weighted by Crippen LogP contribution is 2.41. The maximum Gasteiger partial charge on any atom is 0.137 e. The van der Waals surface area contributed by atoms with Crippen molar-refractivity contribution in [3.05, 3.63) is 107 Å². The predicted molar refractivity (Wildman–Crippen MR) is 127 cm³/mol. The van der Waals surface area contributed by atoms with Crippen molar-refractivity contribution in [3.8, 4) is 0 Å². The first-order valence-electron chi connectivity index (χ1n) is 11.3. The minimum Gasteiger partial charge on any atom is -0.379 e. The van der Waals surface area contributed by atoms with E-state index in [0.717, 1.165) is 31.2 Å². The highest BCUT2D eigenvalue weighted by Gasteiger charge is 2.33. The van der Waals surface area contributed by atoms with E-state index in [-0.39, 0.29) is 17.0 Å². The van der Waals surface area contributed by atoms with Crippen LogP contribution in [-0.2, 0) is 16.6 Å². The minimum atomic E-state index is -0.823. The van der Waals surface area contributed by atoms with Gasteiger partial charge in [-0.05, 0) is 60.9 Å². The topological polar surface area (TPSA) is 63.3 Å². The molecular formula is C28H32FNO2. The van der Waals surface area contributed by atoms with Gasteiger partial charge in [0.2, 0.25) is 0 Å². The fourth-order valence-electron chi connectivity index (χ4n) is 4.50. The second-order valence-corrected chi connectivity index (χ2v) is 8.47. The molecule has 0 amide bonds. The van der Waals surface area contributed by atoms with E-state index in [1.807, 2.05) is 36.4 Å². The summed E-state index contributed by atoms with van der Waals surface area (Å²) in [4.78, 5) is 12.6. The Morgan fingerprint density at radius 3 is 1.91 bits per heavy atom. The lowest BCUT2D eigenvalue weighted by Crippen LogP contribution is -2.29. The number of nitrogens with two attached hydrogens (primary N) is 1. The van der Waals surface area contributed by atoms with Crippen LogP contribution in [0.1, 0.15) is 55.2 Å². The van der Waals surface area contributed by atoms with E-state index in [1.54, 1.807) is 12.1 Å². The molecule has 0 aliphatic heterocycles. The molecule has 0 saturated carbocycles. The second kappa shape index (κ2) is 11.7. The zero-order valence-electron chi connectivity index (χ0n) is 18.4. The van der Waals surface area contributed by atoms with Crippen molar-refractivity contribution in [2.45, 2.75) is 56.6 Å². The van der Waals surface area contributed by atoms with Crippen molar-refractivity contribution in [1.82, 2.24) is 0 Å². The summed E-state index contributed by atoms with van der Waals surface area (Å²) >= 11 is 0. The van der Waals surface area contributed by atoms with E-state index < -0.39 is 6.23 Å². The third-order valence-corrected chi connectivity index (χ3v) is 6.13. The summed E-state index contributed by atoms with van der Waals surface area (Å²) < 4.78 is 13.1. The van der Waals surface area contributed by atoms with E-state index in [2.05, 4.69) is 24.3 Å². The lowest BCUT2D eigenvalue weighted by molar-refractivity contribution is -0.118. The Morgan fingerprint density at radius 1 is 0.844 bits per heavy atom. The van der Waals surface area contributed by atoms with Gasteiger partial charge in [-0.1, -0.05) is 72.8 Å². The van der Waals surface area contributed by atoms with Gasteiger partial charge in [-0.3, -0.25) is 4.79 Å². The molecule has 3 aromatic rings. The van der Waals surface area contributed by atoms with Gasteiger partial charge in [0.1, 0.15) is 17.8 Å². The molecule has 168 valence electrons. The zero-order valence-corrected chi connectivity index (χ0v) is 18.4. The SMILES string of the molecule is NC(O)CCCC(CCCC(=O)Cc1ccc(F)cc1)(c1ccccc1)c1ccccc1. The summed E-state index contributed by atoms with van der Waals surface area (Å²) in [6.45, 7) is 0. The Morgan fingerprint density at radius 2 is 1.38 bits per heavy atom. The number of carbonyl (C=O) groups is 1. The molecule has 0 aliphatic rings. The van der Waals surface area contributed by atoms with Crippen LogP contribution >= 0.6 is 0 Å². The predicted octanol–water partition coefficient (Wildman–Crippen LogP) is 5.54. The van der Waals surface area contributed by atoms with Crippen molar-refractivity contribution in [1.29, 1.82) is 0 Å². The first kappa shape index (κ1) is 23.8. The maximum absolute atomic E-state index is 13.1. The van der Waals surface area contributed by atoms with Crippen molar-refractivity contribution in [3.63, 3.8) is 0 Å². The Kier molecular flexibility index (Phi) is 8.72. The smallest absolute Gasteiger partial charge is 0.137 e. The van der Waals surface area contributed by atoms with Gasteiger partial charge in [-0.25, -0.2) is 4.39 Å². The molecule has 32 heavy (non-hydrogen) atoms. The molecule has 4 heteroatoms. The molecular weight excluding hydrogens is 401 g/mol. The van der Waals surface area contributed by atoms with Gasteiger partial charge in [0.05, 0.1) is 0 Å². The quantitative estimate of drug-likeness (QED) is 0.369. The van der Waals surface area contributed by atoms with E-state index in [0.29, 0.717) is 19.3 Å². The minimum absolute atomic E-state index is 0.156. The van der Waals surface area contributed by atoms with E-state index in [4.69, 9.17) is 5.73 Å². The molecule has 3 aromatic carbocycles. The third kappa shape index (κ3) is 6.59. The van der Waals surface area contributed by atoms with Gasteiger partial charge in [-0.2, -0.15) is 0 Å². The second-order valence-electron chi connectivity index (χ2n) is 8.47. The Bertz CT molecular complexity index is 916. The van der Waals surface area contributed by atoms with Crippen molar-refractivity contribution in [2.75, 3.05) is 0 Å². The molecule has 1 unspecified atom stereocenters. The van der Waals surface area contributed by atoms with Crippen LogP contribution in [0.3, 0.4) is 0 Å². The molecule has 0 aromatic heterocycles. The fraction of sp³-hybridized carbons (Fsp3) is 0.321. The average molecular weight is 434 g/mol. The van der Waals surface area contributed by atoms with Crippen LogP contribution in [0.15, 0.2) is 84.9 Å². The number of hydrogen-bond donors (Lipinski definition) is 2. The van der Waals surface area contributed by atoms with Crippen LogP contribution in [0.4, 0.5) is 4.39 Å². The fourth-order valence-corrected chi connectivity index (χ4v) is 4.50. The molecule has 0 aliphatic carbocycles. The van der Waals surface area contributed by atoms with Crippen LogP contribution in [0.5, 0.6) is 0 Å². The Labute approximate surface area is 190 Å². The molecule has 3 N–H and O–H groups in total. The van der Waals surface area contributed by atoms with E-state index in [9.17, 15) is 14.3 Å². The Balaban J connectivity index is 1.78. The summed E-state index contributed by atoms with van der Waals surface area (Å²) in [6.07, 6.45) is 3.68. The van der Waals surface area contributed by atoms with Crippen LogP contribution in [0, 0.1) is 5.82 Å². The lowest BCUT2D eigenvalue weighted by atomic mass is 9.68. The van der Waals surface area contributed by atoms with Crippen LogP contribution in [0.2, 0.25) is 0 Å². The monoisotopic (exact) mass is 433 g/mol. The molecule has 0 saturated heterocycles. The summed E-state index contributed by atoms with van der Waals surface area (Å²) in [5.74, 6) is -0.136. The zero-order chi connectivity index (χ0) is 22.8. The molecule has 0 heterocycles. The number of halogens is 1. The van der Waals surface area contributed by atoms with Crippen LogP contribution in [-0.4, -0.2) is 17.1 Å². The normalized spacial score (nSPS) is 12.5. The number of rotatable bonds is 12. The first-order chi connectivity index (χ1) is 15.5. The van der Waals surface area contributed by atoms with Gasteiger partial charge < -0.3 is 10.8 Å². The largest absolute Gasteiger partial charge is 0.379 e. The van der Waals surface area contributed by atoms with Crippen molar-refractivity contribution >= 4 is 5.78 Å². The van der Waals surface area contributed by atoms with Crippen molar-refractivity contribution in [2.24, 2.45) is 5.73 Å². The third-order valence-electron chi connectivity index (χ3n) is 6.13. The lowest BCUT2D eigenvalue weighted by Gasteiger charge is -2.36. The molecule has 3 rings (SSSR count). The number of carbonyl (C=O) groups excluding carboxylic acids is 1. The number of hydrogen-bond acceptors (Lipinski definition) is 3. The molecule has 0 fully saturated rings. The first-order valence-corrected chi connectivity index (χ1v) is 11.3. The van der Waals surface area contributed by atoms with Gasteiger partial charge in [0, 0.05) is 18.3 Å². The van der Waals surface area contributed by atoms with Crippen LogP contribution in [0.25, 0.3) is 0 Å². The highest BCUT2D eigenvalue weighted by atomic mass is 19.1. The summed E-state index contributed by atoms with van der Waals surface area (Å²) in [6, 6.07) is 26.9. The van der Waals surface area contributed by atoms with Gasteiger partial charge in [0.15, 0.2) is 0 Å². The Hall–Kier alpha value is -2.82. The van der Waals surface area contributed by atoms with E-state index >= 15 is 0 Å². The molecule has 0 bridgehead atoms. The molecule has 3 nitrogen and oxygen atoms in total. The van der Waals surface area contributed by atoms with Crippen LogP contribution < -0.4 is 5.73 Å². The van der Waals surface area contributed by atoms with Gasteiger partial charge >= 0.3 is 0 Å². The maximum atomic E-state index is 13.1. The summed E-state index contributed by atoms with van der Waals surface area (Å²) in [5.41, 5.74) is 8.61. The molecule has 0 spiro atoms. The van der Waals surface area contributed by atoms with E-state index in [1.165, 1.54) is 23.3 Å². The number of aliphatic hydroxyl groups is 1. The van der Waals surface area contributed by atoms with Crippen molar-refractivity contribution < 1.29 is 14.3 Å². The number of benzene rings is 3. The summed E-state index contributed by atoms with van der Waals surface area (Å²) in [7, 11) is 0. The number of ketones is 1. The van der Waals surface area contributed by atoms with Gasteiger partial charge in [-0.15, -0.1) is 0 Å². The highest BCUT2D eigenvalue weighted by molar-refractivity contribution is 5.80. The average Bonchev–Trinajstić information content (AvgIpc) is 2.80. The number of Topliss-reactive ketones (excluding diaryl/α,β-unsaturated/α-hetero) is 1.